The lowest BCUT2D eigenvalue weighted by Gasteiger charge is -2.26. The second-order valence-electron chi connectivity index (χ2n) is 11.6. The average Bonchev–Trinajstić information content (AvgIpc) is 3.03. The van der Waals surface area contributed by atoms with Crippen LogP contribution in [0, 0.1) is 13.8 Å². The third-order valence-corrected chi connectivity index (χ3v) is 7.76. The van der Waals surface area contributed by atoms with Gasteiger partial charge in [0.25, 0.3) is 0 Å². The first-order valence-corrected chi connectivity index (χ1v) is 15.8. The van der Waals surface area contributed by atoms with Gasteiger partial charge in [0.05, 0.1) is 6.04 Å². The Balaban J connectivity index is 2.30. The number of carbonyl (C=O) groups is 4. The molecule has 0 aliphatic rings. The lowest BCUT2D eigenvalue weighted by molar-refractivity contribution is -0.133. The van der Waals surface area contributed by atoms with Crippen LogP contribution in [-0.2, 0) is 32.0 Å². The molecule has 14 nitrogen and oxygen atoms in total. The van der Waals surface area contributed by atoms with Crippen molar-refractivity contribution in [2.24, 2.45) is 27.9 Å². The Morgan fingerprint density at radius 3 is 1.85 bits per heavy atom. The molecule has 0 saturated heterocycles. The molecule has 0 aliphatic heterocycles. The number of hydrogen-bond donors (Lipinski definition) is 9. The Hall–Kier alpha value is -4.69. The van der Waals surface area contributed by atoms with Crippen LogP contribution in [0.3, 0.4) is 0 Å². The van der Waals surface area contributed by atoms with E-state index in [1.165, 1.54) is 0 Å². The standard InChI is InChI=1S/C33H51N9O5/c1-20-16-23(17-21(2)28(20)43)19-26(38-3)31(46)41-25(13-9-15-39-33(36)37)30(45)42-27(18-22-10-5-4-6-11-22)32(47)40-24(29(35)44)12-7-8-14-34/h4-6,10-11,16-17,24-27,38,43H,7-9,12-15,18-19,34H2,1-3H3,(H2,35,44)(H,40,47)(H,41,46)(H,42,45)(H4,36,37,39)/t24-,25+,26-,27-/m0/s1. The summed E-state index contributed by atoms with van der Waals surface area (Å²) in [5.74, 6) is -2.21. The summed E-state index contributed by atoms with van der Waals surface area (Å²) in [5.41, 5.74) is 25.0. The number of unbranched alkanes of at least 4 members (excludes halogenated alkanes) is 1. The number of guanidine groups is 1. The summed E-state index contributed by atoms with van der Waals surface area (Å²) in [6.45, 7) is 4.22. The molecule has 0 aromatic heterocycles. The van der Waals surface area contributed by atoms with Gasteiger partial charge in [-0.3, -0.25) is 24.2 Å². The monoisotopic (exact) mass is 653 g/mol. The predicted molar refractivity (Wildman–Crippen MR) is 182 cm³/mol. The van der Waals surface area contributed by atoms with Crippen molar-refractivity contribution in [2.75, 3.05) is 20.1 Å². The lowest BCUT2D eigenvalue weighted by atomic mass is 9.99. The molecule has 14 heteroatoms. The summed E-state index contributed by atoms with van der Waals surface area (Å²) in [5, 5.41) is 21.5. The molecule has 0 fully saturated rings. The molecule has 4 atom stereocenters. The lowest BCUT2D eigenvalue weighted by Crippen LogP contribution is -2.58. The van der Waals surface area contributed by atoms with Gasteiger partial charge in [-0.15, -0.1) is 0 Å². The van der Waals surface area contributed by atoms with E-state index in [1.54, 1.807) is 20.9 Å². The number of carbonyl (C=O) groups excluding carboxylic acids is 4. The molecule has 0 saturated carbocycles. The maximum Gasteiger partial charge on any atom is 0.243 e. The molecule has 2 rings (SSSR count). The minimum Gasteiger partial charge on any atom is -0.507 e. The van der Waals surface area contributed by atoms with Crippen molar-refractivity contribution in [2.45, 2.75) is 83.0 Å². The van der Waals surface area contributed by atoms with Crippen molar-refractivity contribution in [1.82, 2.24) is 21.3 Å². The summed E-state index contributed by atoms with van der Waals surface area (Å²) >= 11 is 0. The first-order valence-electron chi connectivity index (χ1n) is 15.8. The van der Waals surface area contributed by atoms with Crippen LogP contribution in [0.5, 0.6) is 5.75 Å². The Kier molecular flexibility index (Phi) is 16.2. The Labute approximate surface area is 276 Å². The largest absolute Gasteiger partial charge is 0.507 e. The molecule has 0 heterocycles. The van der Waals surface area contributed by atoms with E-state index in [-0.39, 0.29) is 31.1 Å². The van der Waals surface area contributed by atoms with Gasteiger partial charge in [0.2, 0.25) is 23.6 Å². The van der Waals surface area contributed by atoms with Crippen LogP contribution in [0.25, 0.3) is 0 Å². The fourth-order valence-corrected chi connectivity index (χ4v) is 5.15. The number of hydrogen-bond acceptors (Lipinski definition) is 8. The highest BCUT2D eigenvalue weighted by atomic mass is 16.3. The molecule has 0 unspecified atom stereocenters. The minimum atomic E-state index is -1.08. The van der Waals surface area contributed by atoms with Crippen LogP contribution in [0.15, 0.2) is 47.5 Å². The van der Waals surface area contributed by atoms with Gasteiger partial charge in [-0.1, -0.05) is 42.5 Å². The second-order valence-corrected chi connectivity index (χ2v) is 11.6. The van der Waals surface area contributed by atoms with Gasteiger partial charge in [0.1, 0.15) is 23.9 Å². The number of likely N-dealkylation sites (N-methyl/N-ethyl adjacent to an activating group) is 1. The summed E-state index contributed by atoms with van der Waals surface area (Å²) in [4.78, 5) is 56.9. The molecule has 2 aromatic rings. The maximum absolute atomic E-state index is 13.8. The molecule has 4 amide bonds. The van der Waals surface area contributed by atoms with Crippen molar-refractivity contribution in [3.05, 3.63) is 64.7 Å². The first kappa shape index (κ1) is 38.5. The summed E-state index contributed by atoms with van der Waals surface area (Å²) < 4.78 is 0. The zero-order chi connectivity index (χ0) is 34.9. The number of nitrogens with zero attached hydrogens (tertiary/aromatic N) is 1. The van der Waals surface area contributed by atoms with Gasteiger partial charge < -0.3 is 49.3 Å². The number of rotatable bonds is 20. The van der Waals surface area contributed by atoms with Gasteiger partial charge >= 0.3 is 0 Å². The van der Waals surface area contributed by atoms with Crippen LogP contribution in [-0.4, -0.2) is 79.0 Å². The summed E-state index contributed by atoms with van der Waals surface area (Å²) in [6, 6.07) is 8.93. The van der Waals surface area contributed by atoms with E-state index in [1.807, 2.05) is 42.5 Å². The number of nitrogens with one attached hydrogen (secondary N) is 4. The third kappa shape index (κ3) is 13.3. The van der Waals surface area contributed by atoms with Crippen LogP contribution < -0.4 is 44.2 Å². The van der Waals surface area contributed by atoms with Crippen molar-refractivity contribution in [3.63, 3.8) is 0 Å². The number of nitrogens with two attached hydrogens (primary N) is 4. The molecule has 47 heavy (non-hydrogen) atoms. The van der Waals surface area contributed by atoms with Crippen molar-refractivity contribution in [1.29, 1.82) is 0 Å². The van der Waals surface area contributed by atoms with Crippen molar-refractivity contribution >= 4 is 29.6 Å². The number of aliphatic imine (C=N–C) groups is 1. The highest BCUT2D eigenvalue weighted by Crippen LogP contribution is 2.23. The quantitative estimate of drug-likeness (QED) is 0.0507. The molecular weight excluding hydrogens is 602 g/mol. The van der Waals surface area contributed by atoms with E-state index >= 15 is 0 Å². The molecule has 0 radical (unpaired) electrons. The SMILES string of the molecule is CN[C@@H](Cc1cc(C)c(O)c(C)c1)C(=O)N[C@H](CCCN=C(N)N)C(=O)N[C@@H](Cc1ccccc1)C(=O)N[C@@H](CCCCN)C(N)=O. The molecule has 0 spiro atoms. The van der Waals surface area contributed by atoms with E-state index < -0.39 is 47.8 Å². The van der Waals surface area contributed by atoms with Crippen molar-refractivity contribution < 1.29 is 24.3 Å². The molecular formula is C33H51N9O5. The zero-order valence-corrected chi connectivity index (χ0v) is 27.6. The van der Waals surface area contributed by atoms with Gasteiger partial charge in [0, 0.05) is 13.0 Å². The summed E-state index contributed by atoms with van der Waals surface area (Å²) in [6.07, 6.45) is 2.50. The topological polar surface area (TPSA) is 253 Å². The normalized spacial score (nSPS) is 13.4. The van der Waals surface area contributed by atoms with Crippen LogP contribution >= 0.6 is 0 Å². The number of benzene rings is 2. The van der Waals surface area contributed by atoms with Crippen LogP contribution in [0.4, 0.5) is 0 Å². The molecule has 0 aliphatic carbocycles. The Bertz CT molecular complexity index is 1340. The number of aryl methyl sites for hydroxylation is 2. The summed E-state index contributed by atoms with van der Waals surface area (Å²) in [7, 11) is 1.64. The Morgan fingerprint density at radius 2 is 1.28 bits per heavy atom. The molecule has 0 bridgehead atoms. The van der Waals surface area contributed by atoms with Crippen LogP contribution in [0.2, 0.25) is 0 Å². The predicted octanol–water partition coefficient (Wildman–Crippen LogP) is -0.495. The fraction of sp³-hybridized carbons (Fsp3) is 0.485. The first-order chi connectivity index (χ1) is 22.4. The number of phenolic OH excluding ortho intramolecular Hbond substituents is 1. The van der Waals surface area contributed by atoms with Gasteiger partial charge in [-0.25, -0.2) is 0 Å². The maximum atomic E-state index is 13.8. The van der Waals surface area contributed by atoms with Crippen molar-refractivity contribution in [3.8, 4) is 5.75 Å². The number of primary amides is 1. The smallest absolute Gasteiger partial charge is 0.243 e. The molecule has 13 N–H and O–H groups in total. The molecule has 2 aromatic carbocycles. The average molecular weight is 654 g/mol. The number of aromatic hydroxyl groups is 1. The Morgan fingerprint density at radius 1 is 0.745 bits per heavy atom. The second kappa shape index (κ2) is 19.7. The van der Waals surface area contributed by atoms with Gasteiger partial charge in [0.15, 0.2) is 5.96 Å². The van der Waals surface area contributed by atoms with E-state index in [9.17, 15) is 24.3 Å². The van der Waals surface area contributed by atoms with Crippen LogP contribution in [0.1, 0.15) is 54.4 Å². The van der Waals surface area contributed by atoms with E-state index in [0.29, 0.717) is 49.8 Å². The van der Waals surface area contributed by atoms with Gasteiger partial charge in [-0.2, -0.15) is 0 Å². The highest BCUT2D eigenvalue weighted by Gasteiger charge is 2.30. The molecule has 258 valence electrons. The highest BCUT2D eigenvalue weighted by molar-refractivity contribution is 5.94. The fourth-order valence-electron chi connectivity index (χ4n) is 5.15. The number of phenols is 1. The third-order valence-electron chi connectivity index (χ3n) is 7.76. The zero-order valence-electron chi connectivity index (χ0n) is 27.6. The number of amides is 4. The van der Waals surface area contributed by atoms with Gasteiger partial charge in [-0.05, 0) is 88.2 Å². The minimum absolute atomic E-state index is 0.0974. The van der Waals surface area contributed by atoms with E-state index in [2.05, 4.69) is 26.3 Å². The van der Waals surface area contributed by atoms with E-state index in [4.69, 9.17) is 22.9 Å². The van der Waals surface area contributed by atoms with E-state index in [0.717, 1.165) is 11.1 Å².